The lowest BCUT2D eigenvalue weighted by Gasteiger charge is -2.06. The van der Waals surface area contributed by atoms with Gasteiger partial charge in [-0.3, -0.25) is 0 Å². The highest BCUT2D eigenvalue weighted by molar-refractivity contribution is 7.96. The van der Waals surface area contributed by atoms with Gasteiger partial charge in [-0.05, 0) is 31.7 Å². The number of aryl methyl sites for hydroxylation is 1. The summed E-state index contributed by atoms with van der Waals surface area (Å²) in [5.41, 5.74) is 1.77. The van der Waals surface area contributed by atoms with Gasteiger partial charge in [0.25, 0.3) is 0 Å². The van der Waals surface area contributed by atoms with E-state index in [1.165, 1.54) is 0 Å². The zero-order valence-corrected chi connectivity index (χ0v) is 14.7. The van der Waals surface area contributed by atoms with E-state index >= 15 is 0 Å². The second-order valence-corrected chi connectivity index (χ2v) is 7.53. The summed E-state index contributed by atoms with van der Waals surface area (Å²) in [5.74, 6) is -0.356. The minimum atomic E-state index is -4.15. The summed E-state index contributed by atoms with van der Waals surface area (Å²) in [5, 5.41) is 10.1. The largest absolute Gasteiger partial charge is 0.748 e. The van der Waals surface area contributed by atoms with Gasteiger partial charge in [0.1, 0.15) is 6.54 Å². The molecule has 0 bridgehead atoms. The van der Waals surface area contributed by atoms with Crippen LogP contribution in [0.1, 0.15) is 12.0 Å². The first-order chi connectivity index (χ1) is 10.4. The van der Waals surface area contributed by atoms with Crippen molar-refractivity contribution in [3.8, 4) is 0 Å². The van der Waals surface area contributed by atoms with Gasteiger partial charge in [0.2, 0.25) is 5.52 Å². The topological polar surface area (TPSA) is 81.3 Å². The predicted octanol–water partition coefficient (Wildman–Crippen LogP) is 1.58. The van der Waals surface area contributed by atoms with Crippen LogP contribution in [0.15, 0.2) is 36.5 Å². The Morgan fingerprint density at radius 1 is 1.36 bits per heavy atom. The maximum atomic E-state index is 10.6. The van der Waals surface area contributed by atoms with Crippen molar-refractivity contribution in [3.05, 3.63) is 42.1 Å². The lowest BCUT2D eigenvalue weighted by atomic mass is 10.1. The Hall–Kier alpha value is -0.980. The lowest BCUT2D eigenvalue weighted by Crippen LogP contribution is -2.35. The minimum Gasteiger partial charge on any atom is -0.748 e. The fourth-order valence-corrected chi connectivity index (χ4v) is 2.52. The average molecular weight is 359 g/mol. The molecular formula is C14H18NO4PS2. The standard InChI is InChI=1S/C13H15NO4S.CH3PS/c15-10-11-4-5-13-12(9-11)3-1-6-14(13)7-2-8-19(16,17)18;1-2-3/h1,3-6,9,15H,2,7-8,10H2;1H3. The van der Waals surface area contributed by atoms with Gasteiger partial charge >= 0.3 is 0 Å². The van der Waals surface area contributed by atoms with Crippen LogP contribution in [0.5, 0.6) is 0 Å². The Bertz CT molecular complexity index is 735. The van der Waals surface area contributed by atoms with Crippen molar-refractivity contribution < 1.29 is 22.6 Å². The molecule has 2 rings (SSSR count). The van der Waals surface area contributed by atoms with Crippen LogP contribution in [-0.4, -0.2) is 30.5 Å². The number of fused-ring (bicyclic) bond motifs is 1. The molecule has 1 N–H and O–H groups in total. The van der Waals surface area contributed by atoms with Crippen molar-refractivity contribution in [3.63, 3.8) is 0 Å². The second-order valence-electron chi connectivity index (χ2n) is 4.55. The van der Waals surface area contributed by atoms with Crippen molar-refractivity contribution in [2.24, 2.45) is 0 Å². The number of aliphatic hydroxyl groups is 1. The SMILES string of the molecule is CP=S.O=S(=O)([O-])CCC[n+]1cccc2cc(CO)ccc21. The van der Waals surface area contributed by atoms with E-state index in [0.29, 0.717) is 6.54 Å². The quantitative estimate of drug-likeness (QED) is 0.498. The maximum Gasteiger partial charge on any atom is 0.212 e. The molecule has 0 aliphatic carbocycles. The summed E-state index contributed by atoms with van der Waals surface area (Å²) in [6.45, 7) is 2.37. The fourth-order valence-electron chi connectivity index (χ4n) is 2.03. The summed E-state index contributed by atoms with van der Waals surface area (Å²) in [4.78, 5) is 0. The van der Waals surface area contributed by atoms with E-state index < -0.39 is 10.1 Å². The number of aromatic nitrogens is 1. The van der Waals surface area contributed by atoms with Crippen LogP contribution in [0.25, 0.3) is 10.9 Å². The average Bonchev–Trinajstić information content (AvgIpc) is 2.46. The highest BCUT2D eigenvalue weighted by atomic mass is 32.4. The molecule has 0 aliphatic rings. The van der Waals surface area contributed by atoms with Gasteiger partial charge in [0.15, 0.2) is 6.20 Å². The number of hydrogen-bond acceptors (Lipinski definition) is 5. The molecule has 2 aromatic rings. The van der Waals surface area contributed by atoms with E-state index in [4.69, 9.17) is 5.11 Å². The normalized spacial score (nSPS) is 11.2. The number of nitrogens with zero attached hydrogens (tertiary/aromatic N) is 1. The summed E-state index contributed by atoms with van der Waals surface area (Å²) in [6, 6.07) is 9.37. The molecule has 1 heterocycles. The molecule has 120 valence electrons. The first kappa shape index (κ1) is 19.1. The van der Waals surface area contributed by atoms with Gasteiger partial charge in [0.05, 0.1) is 16.7 Å². The van der Waals surface area contributed by atoms with Crippen molar-refractivity contribution in [2.45, 2.75) is 19.6 Å². The summed E-state index contributed by atoms with van der Waals surface area (Å²) < 4.78 is 33.6. The molecule has 0 aliphatic heterocycles. The van der Waals surface area contributed by atoms with Crippen molar-refractivity contribution in [1.82, 2.24) is 0 Å². The van der Waals surface area contributed by atoms with Gasteiger partial charge in [-0.25, -0.2) is 8.42 Å². The Morgan fingerprint density at radius 3 is 2.64 bits per heavy atom. The van der Waals surface area contributed by atoms with Crippen molar-refractivity contribution in [1.29, 1.82) is 0 Å². The monoisotopic (exact) mass is 359 g/mol. The van der Waals surface area contributed by atoms with E-state index in [9.17, 15) is 13.0 Å². The molecule has 0 spiro atoms. The molecule has 0 unspecified atom stereocenters. The van der Waals surface area contributed by atoms with Crippen LogP contribution in [0.2, 0.25) is 0 Å². The number of rotatable bonds is 5. The number of pyridine rings is 1. The van der Waals surface area contributed by atoms with Crippen LogP contribution < -0.4 is 4.57 Å². The van der Waals surface area contributed by atoms with Gasteiger partial charge < -0.3 is 9.66 Å². The molecular weight excluding hydrogens is 341 g/mol. The molecule has 0 atom stereocenters. The van der Waals surface area contributed by atoms with Crippen LogP contribution >= 0.6 is 7.36 Å². The molecule has 0 saturated heterocycles. The predicted molar refractivity (Wildman–Crippen MR) is 89.5 cm³/mol. The first-order valence-corrected chi connectivity index (χ1v) is 10.5. The Balaban J connectivity index is 0.000000745. The molecule has 0 fully saturated rings. The van der Waals surface area contributed by atoms with E-state index in [0.717, 1.165) is 23.8 Å². The third kappa shape index (κ3) is 6.42. The molecule has 0 radical (unpaired) electrons. The second kappa shape index (κ2) is 9.22. The smallest absolute Gasteiger partial charge is 0.212 e. The van der Waals surface area contributed by atoms with Gasteiger partial charge in [-0.2, -0.15) is 4.57 Å². The fraction of sp³-hybridized carbons (Fsp3) is 0.357. The molecule has 0 amide bonds. The van der Waals surface area contributed by atoms with Crippen molar-refractivity contribution in [2.75, 3.05) is 12.4 Å². The first-order valence-electron chi connectivity index (χ1n) is 6.58. The molecule has 0 saturated carbocycles. The Labute approximate surface area is 137 Å². The zero-order chi connectivity index (χ0) is 16.6. The highest BCUT2D eigenvalue weighted by Crippen LogP contribution is 2.12. The number of hydrogen-bond donors (Lipinski definition) is 1. The van der Waals surface area contributed by atoms with Crippen LogP contribution in [-0.2, 0) is 35.1 Å². The van der Waals surface area contributed by atoms with E-state index in [1.807, 2.05) is 47.8 Å². The van der Waals surface area contributed by atoms with Crippen LogP contribution in [0.4, 0.5) is 0 Å². The van der Waals surface area contributed by atoms with E-state index in [-0.39, 0.29) is 18.8 Å². The summed E-state index contributed by atoms with van der Waals surface area (Å²) in [6.07, 6.45) is 2.13. The molecule has 5 nitrogen and oxygen atoms in total. The van der Waals surface area contributed by atoms with E-state index in [2.05, 4.69) is 11.8 Å². The van der Waals surface area contributed by atoms with Gasteiger partial charge in [-0.15, -0.1) is 0 Å². The summed E-state index contributed by atoms with van der Waals surface area (Å²) in [7, 11) is -3.15. The van der Waals surface area contributed by atoms with Gasteiger partial charge in [-0.1, -0.05) is 17.9 Å². The molecule has 1 aromatic heterocycles. The third-order valence-electron chi connectivity index (χ3n) is 2.92. The Kier molecular flexibility index (Phi) is 8.00. The van der Waals surface area contributed by atoms with Crippen molar-refractivity contribution >= 4 is 40.2 Å². The molecule has 8 heteroatoms. The van der Waals surface area contributed by atoms with Gasteiger partial charge in [0, 0.05) is 29.7 Å². The lowest BCUT2D eigenvalue weighted by molar-refractivity contribution is -0.671. The highest BCUT2D eigenvalue weighted by Gasteiger charge is 2.09. The Morgan fingerprint density at radius 2 is 2.05 bits per heavy atom. The number of benzene rings is 1. The maximum absolute atomic E-state index is 10.6. The number of aliphatic hydroxyl groups excluding tert-OH is 1. The molecule has 22 heavy (non-hydrogen) atoms. The summed E-state index contributed by atoms with van der Waals surface area (Å²) >= 11 is 4.37. The minimum absolute atomic E-state index is 0.0146. The van der Waals surface area contributed by atoms with Crippen LogP contribution in [0, 0.1) is 0 Å². The van der Waals surface area contributed by atoms with Crippen LogP contribution in [0.3, 0.4) is 0 Å². The third-order valence-corrected chi connectivity index (χ3v) is 3.71. The zero-order valence-electron chi connectivity index (χ0n) is 12.2. The van der Waals surface area contributed by atoms with E-state index in [1.54, 1.807) is 0 Å². The molecule has 1 aromatic carbocycles.